The van der Waals surface area contributed by atoms with Gasteiger partial charge in [-0.3, -0.25) is 0 Å². The van der Waals surface area contributed by atoms with E-state index >= 15 is 0 Å². The molecule has 1 aliphatic heterocycles. The number of rotatable bonds is 0. The highest BCUT2D eigenvalue weighted by Gasteiger charge is 2.16. The zero-order chi connectivity index (χ0) is 6.85. The van der Waals surface area contributed by atoms with Crippen molar-refractivity contribution in [3.05, 3.63) is 12.3 Å². The first-order valence-electron chi connectivity index (χ1n) is 3.60. The van der Waals surface area contributed by atoms with E-state index in [0.29, 0.717) is 0 Å². The van der Waals surface area contributed by atoms with E-state index in [9.17, 15) is 0 Å². The second kappa shape index (κ2) is 2.42. The SMILES string of the molecule is CC1CC=CN(C)[C@H]1C. The van der Waals surface area contributed by atoms with Crippen LogP contribution in [0.3, 0.4) is 0 Å². The monoisotopic (exact) mass is 125 g/mol. The molecular formula is C8H15N. The van der Waals surface area contributed by atoms with Crippen LogP contribution in [0.25, 0.3) is 0 Å². The zero-order valence-corrected chi connectivity index (χ0v) is 6.46. The minimum atomic E-state index is 0.718. The molecule has 0 spiro atoms. The van der Waals surface area contributed by atoms with E-state index < -0.39 is 0 Å². The maximum absolute atomic E-state index is 2.30. The van der Waals surface area contributed by atoms with E-state index in [0.717, 1.165) is 12.0 Å². The van der Waals surface area contributed by atoms with Gasteiger partial charge in [0.25, 0.3) is 0 Å². The molecule has 52 valence electrons. The summed E-state index contributed by atoms with van der Waals surface area (Å²) >= 11 is 0. The number of allylic oxidation sites excluding steroid dienone is 1. The fourth-order valence-electron chi connectivity index (χ4n) is 1.18. The van der Waals surface area contributed by atoms with Crippen LogP contribution in [0.4, 0.5) is 0 Å². The second-order valence-corrected chi connectivity index (χ2v) is 3.00. The molecule has 0 aromatic carbocycles. The Bertz CT molecular complexity index is 118. The van der Waals surface area contributed by atoms with Crippen molar-refractivity contribution >= 4 is 0 Å². The summed E-state index contributed by atoms with van der Waals surface area (Å²) in [5.41, 5.74) is 0. The van der Waals surface area contributed by atoms with Crippen LogP contribution in [-0.2, 0) is 0 Å². The molecule has 0 radical (unpaired) electrons. The van der Waals surface area contributed by atoms with Gasteiger partial charge in [-0.15, -0.1) is 0 Å². The molecular weight excluding hydrogens is 110 g/mol. The van der Waals surface area contributed by atoms with Crippen molar-refractivity contribution in [3.8, 4) is 0 Å². The predicted molar refractivity (Wildman–Crippen MR) is 40.1 cm³/mol. The molecule has 9 heavy (non-hydrogen) atoms. The van der Waals surface area contributed by atoms with Crippen LogP contribution in [0.15, 0.2) is 12.3 Å². The van der Waals surface area contributed by atoms with Gasteiger partial charge >= 0.3 is 0 Å². The second-order valence-electron chi connectivity index (χ2n) is 3.00. The Morgan fingerprint density at radius 3 is 2.56 bits per heavy atom. The normalized spacial score (nSPS) is 35.2. The van der Waals surface area contributed by atoms with Gasteiger partial charge in [0, 0.05) is 13.1 Å². The maximum Gasteiger partial charge on any atom is 0.0281 e. The van der Waals surface area contributed by atoms with Gasteiger partial charge in [-0.2, -0.15) is 0 Å². The average molecular weight is 125 g/mol. The first kappa shape index (κ1) is 6.66. The van der Waals surface area contributed by atoms with E-state index in [-0.39, 0.29) is 0 Å². The molecule has 2 atom stereocenters. The number of hydrogen-bond donors (Lipinski definition) is 0. The highest BCUT2D eigenvalue weighted by Crippen LogP contribution is 2.18. The topological polar surface area (TPSA) is 3.24 Å². The van der Waals surface area contributed by atoms with Gasteiger partial charge in [-0.1, -0.05) is 13.0 Å². The third-order valence-electron chi connectivity index (χ3n) is 2.31. The van der Waals surface area contributed by atoms with Crippen molar-refractivity contribution < 1.29 is 0 Å². The van der Waals surface area contributed by atoms with Crippen LogP contribution in [0.5, 0.6) is 0 Å². The summed E-state index contributed by atoms with van der Waals surface area (Å²) in [6, 6.07) is 0.718. The Balaban J connectivity index is 2.58. The smallest absolute Gasteiger partial charge is 0.0281 e. The largest absolute Gasteiger partial charge is 0.378 e. The Morgan fingerprint density at radius 1 is 1.44 bits per heavy atom. The lowest BCUT2D eigenvalue weighted by Gasteiger charge is -2.31. The molecule has 1 heterocycles. The van der Waals surface area contributed by atoms with Crippen LogP contribution < -0.4 is 0 Å². The first-order valence-corrected chi connectivity index (χ1v) is 3.60. The van der Waals surface area contributed by atoms with Gasteiger partial charge in [0.15, 0.2) is 0 Å². The number of hydrogen-bond acceptors (Lipinski definition) is 1. The van der Waals surface area contributed by atoms with Crippen LogP contribution in [0.2, 0.25) is 0 Å². The van der Waals surface area contributed by atoms with Crippen molar-refractivity contribution in [2.75, 3.05) is 7.05 Å². The molecule has 0 N–H and O–H groups in total. The highest BCUT2D eigenvalue weighted by molar-refractivity contribution is 4.93. The van der Waals surface area contributed by atoms with Crippen LogP contribution in [0.1, 0.15) is 20.3 Å². The molecule has 0 saturated heterocycles. The summed E-state index contributed by atoms with van der Waals surface area (Å²) in [5, 5.41) is 0. The molecule has 0 aromatic rings. The number of nitrogens with zero attached hydrogens (tertiary/aromatic N) is 1. The third kappa shape index (κ3) is 1.26. The van der Waals surface area contributed by atoms with Crippen molar-refractivity contribution in [2.24, 2.45) is 5.92 Å². The third-order valence-corrected chi connectivity index (χ3v) is 2.31. The quantitative estimate of drug-likeness (QED) is 0.477. The molecule has 0 saturated carbocycles. The zero-order valence-electron chi connectivity index (χ0n) is 6.46. The summed E-state index contributed by atoms with van der Waals surface area (Å²) in [4.78, 5) is 2.27. The highest BCUT2D eigenvalue weighted by atomic mass is 15.1. The Labute approximate surface area is 57.4 Å². The Morgan fingerprint density at radius 2 is 2.11 bits per heavy atom. The van der Waals surface area contributed by atoms with Gasteiger partial charge < -0.3 is 4.90 Å². The summed E-state index contributed by atoms with van der Waals surface area (Å²) < 4.78 is 0. The molecule has 1 unspecified atom stereocenters. The molecule has 1 nitrogen and oxygen atoms in total. The van der Waals surface area contributed by atoms with Gasteiger partial charge in [0.2, 0.25) is 0 Å². The van der Waals surface area contributed by atoms with E-state index in [4.69, 9.17) is 0 Å². The molecule has 1 heteroatoms. The summed E-state index contributed by atoms with van der Waals surface area (Å²) in [6.07, 6.45) is 5.65. The lowest BCUT2D eigenvalue weighted by atomic mass is 9.96. The predicted octanol–water partition coefficient (Wildman–Crippen LogP) is 1.86. The lowest BCUT2D eigenvalue weighted by Crippen LogP contribution is -2.32. The standard InChI is InChI=1S/C8H15N/c1-7-5-4-6-9(3)8(7)2/h4,6-8H,5H2,1-3H3/t7?,8-/m0/s1. The Kier molecular flexibility index (Phi) is 1.79. The fourth-order valence-corrected chi connectivity index (χ4v) is 1.18. The average Bonchev–Trinajstić information content (AvgIpc) is 1.83. The fraction of sp³-hybridized carbons (Fsp3) is 0.750. The van der Waals surface area contributed by atoms with Crippen LogP contribution in [-0.4, -0.2) is 18.0 Å². The van der Waals surface area contributed by atoms with E-state index in [1.165, 1.54) is 6.42 Å². The summed E-state index contributed by atoms with van der Waals surface area (Å²) in [6.45, 7) is 4.57. The van der Waals surface area contributed by atoms with Crippen molar-refractivity contribution in [2.45, 2.75) is 26.3 Å². The van der Waals surface area contributed by atoms with E-state index in [1.807, 2.05) is 0 Å². The Hall–Kier alpha value is -0.460. The van der Waals surface area contributed by atoms with E-state index in [1.54, 1.807) is 0 Å². The van der Waals surface area contributed by atoms with Crippen LogP contribution >= 0.6 is 0 Å². The minimum Gasteiger partial charge on any atom is -0.378 e. The van der Waals surface area contributed by atoms with Crippen molar-refractivity contribution in [1.82, 2.24) is 4.90 Å². The molecule has 0 aliphatic carbocycles. The van der Waals surface area contributed by atoms with Gasteiger partial charge in [-0.25, -0.2) is 0 Å². The molecule has 0 amide bonds. The molecule has 1 aliphatic rings. The minimum absolute atomic E-state index is 0.718. The molecule has 0 fully saturated rings. The molecule has 1 rings (SSSR count). The van der Waals surface area contributed by atoms with Crippen molar-refractivity contribution in [1.29, 1.82) is 0 Å². The molecule has 0 bridgehead atoms. The van der Waals surface area contributed by atoms with Gasteiger partial charge in [0.05, 0.1) is 0 Å². The van der Waals surface area contributed by atoms with Gasteiger partial charge in [0.1, 0.15) is 0 Å². The summed E-state index contributed by atoms with van der Waals surface area (Å²) in [5.74, 6) is 0.819. The van der Waals surface area contributed by atoms with Crippen LogP contribution in [0, 0.1) is 5.92 Å². The lowest BCUT2D eigenvalue weighted by molar-refractivity contribution is 0.249. The first-order chi connectivity index (χ1) is 4.22. The summed E-state index contributed by atoms with van der Waals surface area (Å²) in [7, 11) is 2.14. The van der Waals surface area contributed by atoms with E-state index in [2.05, 4.69) is 38.1 Å². The van der Waals surface area contributed by atoms with Crippen molar-refractivity contribution in [3.63, 3.8) is 0 Å². The molecule has 0 aromatic heterocycles. The maximum atomic E-state index is 2.30. The van der Waals surface area contributed by atoms with Gasteiger partial charge in [-0.05, 0) is 25.5 Å².